The van der Waals surface area contributed by atoms with Crippen LogP contribution >= 0.6 is 0 Å². The number of aromatic nitrogens is 3. The molecule has 20 heavy (non-hydrogen) atoms. The fourth-order valence-electron chi connectivity index (χ4n) is 2.03. The predicted octanol–water partition coefficient (Wildman–Crippen LogP) is 1.74. The molecule has 1 amide bonds. The van der Waals surface area contributed by atoms with Gasteiger partial charge in [-0.15, -0.1) is 10.2 Å². The van der Waals surface area contributed by atoms with Gasteiger partial charge in [-0.25, -0.2) is 0 Å². The number of nitrogens with zero attached hydrogens (tertiary/aromatic N) is 3. The summed E-state index contributed by atoms with van der Waals surface area (Å²) in [7, 11) is 0. The average Bonchev–Trinajstić information content (AvgIpc) is 3.07. The fourth-order valence-corrected chi connectivity index (χ4v) is 2.03. The van der Waals surface area contributed by atoms with Crippen molar-refractivity contribution in [2.24, 2.45) is 0 Å². The summed E-state index contributed by atoms with van der Waals surface area (Å²) in [6.45, 7) is 3.86. The van der Waals surface area contributed by atoms with Crippen molar-refractivity contribution in [1.29, 1.82) is 0 Å². The fraction of sp³-hybridized carbons (Fsp3) is 0.538. The second-order valence-electron chi connectivity index (χ2n) is 4.90. The number of nitrogens with one attached hydrogen (secondary N) is 1. The monoisotopic (exact) mass is 276 g/mol. The molecule has 1 aliphatic rings. The number of rotatable bonds is 5. The van der Waals surface area contributed by atoms with E-state index in [4.69, 9.17) is 8.94 Å². The van der Waals surface area contributed by atoms with Crippen LogP contribution in [0.5, 0.6) is 0 Å². The van der Waals surface area contributed by atoms with Gasteiger partial charge >= 0.3 is 0 Å². The topological polar surface area (TPSA) is 94.1 Å². The van der Waals surface area contributed by atoms with Crippen molar-refractivity contribution < 1.29 is 13.7 Å². The van der Waals surface area contributed by atoms with E-state index in [0.29, 0.717) is 41.1 Å². The molecule has 2 aromatic heterocycles. The zero-order valence-electron chi connectivity index (χ0n) is 11.5. The number of hydrogen-bond donors (Lipinski definition) is 1. The van der Waals surface area contributed by atoms with E-state index in [1.165, 1.54) is 0 Å². The quantitative estimate of drug-likeness (QED) is 0.893. The molecule has 0 bridgehead atoms. The lowest BCUT2D eigenvalue weighted by atomic mass is 10.1. The van der Waals surface area contributed by atoms with Crippen LogP contribution in [0.15, 0.2) is 8.94 Å². The molecule has 0 atom stereocenters. The Morgan fingerprint density at radius 2 is 2.20 bits per heavy atom. The Hall–Kier alpha value is -2.18. The third-order valence-corrected chi connectivity index (χ3v) is 3.30. The average molecular weight is 276 g/mol. The molecule has 0 unspecified atom stereocenters. The first-order valence-corrected chi connectivity index (χ1v) is 6.74. The first-order chi connectivity index (χ1) is 9.69. The highest BCUT2D eigenvalue weighted by Gasteiger charge is 2.29. The van der Waals surface area contributed by atoms with Gasteiger partial charge in [0.1, 0.15) is 11.3 Å². The summed E-state index contributed by atoms with van der Waals surface area (Å²) in [5.41, 5.74) is 1.15. The minimum Gasteiger partial charge on any atom is -0.423 e. The molecule has 3 rings (SSSR count). The van der Waals surface area contributed by atoms with Crippen LogP contribution in [-0.4, -0.2) is 21.3 Å². The lowest BCUT2D eigenvalue weighted by Crippen LogP contribution is -2.24. The van der Waals surface area contributed by atoms with Crippen LogP contribution in [0.3, 0.4) is 0 Å². The van der Waals surface area contributed by atoms with Crippen LogP contribution in [0, 0.1) is 6.92 Å². The number of hydrogen-bond acceptors (Lipinski definition) is 6. The maximum Gasteiger partial charge on any atom is 0.257 e. The van der Waals surface area contributed by atoms with Crippen molar-refractivity contribution in [3.63, 3.8) is 0 Å². The smallest absolute Gasteiger partial charge is 0.257 e. The zero-order chi connectivity index (χ0) is 14.1. The Bertz CT molecular complexity index is 627. The maximum atomic E-state index is 12.1. The molecule has 0 radical (unpaired) electrons. The normalized spacial score (nSPS) is 14.5. The van der Waals surface area contributed by atoms with E-state index in [0.717, 1.165) is 12.8 Å². The van der Waals surface area contributed by atoms with Gasteiger partial charge in [0.15, 0.2) is 0 Å². The van der Waals surface area contributed by atoms with Crippen molar-refractivity contribution in [3.8, 4) is 0 Å². The molecule has 7 nitrogen and oxygen atoms in total. The van der Waals surface area contributed by atoms with Gasteiger partial charge in [0.2, 0.25) is 11.8 Å². The summed E-state index contributed by atoms with van der Waals surface area (Å²) in [6.07, 6.45) is 2.86. The van der Waals surface area contributed by atoms with Crippen LogP contribution in [0.4, 0.5) is 0 Å². The molecule has 106 valence electrons. The Labute approximate surface area is 115 Å². The Morgan fingerprint density at radius 3 is 2.90 bits per heavy atom. The van der Waals surface area contributed by atoms with Gasteiger partial charge in [-0.05, 0) is 26.2 Å². The Morgan fingerprint density at radius 1 is 1.40 bits per heavy atom. The van der Waals surface area contributed by atoms with Gasteiger partial charge < -0.3 is 14.3 Å². The molecule has 0 aliphatic heterocycles. The van der Waals surface area contributed by atoms with Crippen molar-refractivity contribution in [1.82, 2.24) is 20.7 Å². The van der Waals surface area contributed by atoms with E-state index in [2.05, 4.69) is 20.7 Å². The molecule has 2 heterocycles. The van der Waals surface area contributed by atoms with E-state index >= 15 is 0 Å². The standard InChI is InChI=1S/C13H16N4O3/c1-3-9-11(7(2)20-17-9)12(18)14-6-10-15-16-13(19-10)8-4-5-8/h8H,3-6H2,1-2H3,(H,14,18). The SMILES string of the molecule is CCc1noc(C)c1C(=O)NCc1nnc(C2CC2)o1. The maximum absolute atomic E-state index is 12.1. The van der Waals surface area contributed by atoms with Crippen LogP contribution in [0.25, 0.3) is 0 Å². The second-order valence-corrected chi connectivity index (χ2v) is 4.90. The van der Waals surface area contributed by atoms with Crippen molar-refractivity contribution in [2.45, 2.75) is 45.6 Å². The largest absolute Gasteiger partial charge is 0.423 e. The third-order valence-electron chi connectivity index (χ3n) is 3.30. The van der Waals surface area contributed by atoms with E-state index < -0.39 is 0 Å². The molecule has 2 aromatic rings. The molecule has 0 spiro atoms. The van der Waals surface area contributed by atoms with Crippen LogP contribution in [0.2, 0.25) is 0 Å². The van der Waals surface area contributed by atoms with Gasteiger partial charge in [-0.3, -0.25) is 4.79 Å². The first kappa shape index (κ1) is 12.8. The summed E-state index contributed by atoms with van der Waals surface area (Å²) >= 11 is 0. The number of carbonyl (C=O) groups is 1. The first-order valence-electron chi connectivity index (χ1n) is 6.74. The minimum atomic E-state index is -0.230. The van der Waals surface area contributed by atoms with Gasteiger partial charge in [-0.2, -0.15) is 0 Å². The number of aryl methyl sites for hydroxylation is 2. The molecule has 1 aliphatic carbocycles. The van der Waals surface area contributed by atoms with Crippen molar-refractivity contribution in [2.75, 3.05) is 0 Å². The van der Waals surface area contributed by atoms with Gasteiger partial charge in [-0.1, -0.05) is 12.1 Å². The highest BCUT2D eigenvalue weighted by atomic mass is 16.5. The van der Waals surface area contributed by atoms with E-state index in [1.54, 1.807) is 6.92 Å². The Kier molecular flexibility index (Phi) is 3.25. The minimum absolute atomic E-state index is 0.215. The van der Waals surface area contributed by atoms with Crippen LogP contribution in [0.1, 0.15) is 59.3 Å². The molecule has 7 heteroatoms. The van der Waals surface area contributed by atoms with Crippen molar-refractivity contribution >= 4 is 5.91 Å². The van der Waals surface area contributed by atoms with E-state index in [-0.39, 0.29) is 12.5 Å². The molecule has 0 saturated heterocycles. The third kappa shape index (κ3) is 2.43. The summed E-state index contributed by atoms with van der Waals surface area (Å²) in [6, 6.07) is 0. The second kappa shape index (κ2) is 5.07. The molecule has 0 aromatic carbocycles. The van der Waals surface area contributed by atoms with Gasteiger partial charge in [0.25, 0.3) is 5.91 Å². The summed E-state index contributed by atoms with van der Waals surface area (Å²) in [5, 5.41) is 14.5. The lowest BCUT2D eigenvalue weighted by molar-refractivity contribution is 0.0944. The van der Waals surface area contributed by atoms with Gasteiger partial charge in [0, 0.05) is 5.92 Å². The molecule has 1 fully saturated rings. The summed E-state index contributed by atoms with van der Waals surface area (Å²) < 4.78 is 10.5. The zero-order valence-corrected chi connectivity index (χ0v) is 11.5. The number of carbonyl (C=O) groups excluding carboxylic acids is 1. The van der Waals surface area contributed by atoms with Gasteiger partial charge in [0.05, 0.1) is 12.2 Å². The highest BCUT2D eigenvalue weighted by molar-refractivity contribution is 5.96. The van der Waals surface area contributed by atoms with E-state index in [9.17, 15) is 4.79 Å². The summed E-state index contributed by atoms with van der Waals surface area (Å²) in [5.74, 6) is 1.80. The Balaban J connectivity index is 1.64. The van der Waals surface area contributed by atoms with Crippen molar-refractivity contribution in [3.05, 3.63) is 28.8 Å². The highest BCUT2D eigenvalue weighted by Crippen LogP contribution is 2.38. The molecular weight excluding hydrogens is 260 g/mol. The lowest BCUT2D eigenvalue weighted by Gasteiger charge is -2.02. The van der Waals surface area contributed by atoms with Crippen LogP contribution in [-0.2, 0) is 13.0 Å². The molecular formula is C13H16N4O3. The number of amides is 1. The predicted molar refractivity (Wildman–Crippen MR) is 68.1 cm³/mol. The summed E-state index contributed by atoms with van der Waals surface area (Å²) in [4.78, 5) is 12.1. The molecule has 1 saturated carbocycles. The molecule has 1 N–H and O–H groups in total. The van der Waals surface area contributed by atoms with Crippen LogP contribution < -0.4 is 5.32 Å². The van der Waals surface area contributed by atoms with E-state index in [1.807, 2.05) is 6.92 Å².